The van der Waals surface area contributed by atoms with E-state index in [0.29, 0.717) is 25.4 Å². The molecule has 0 saturated carbocycles. The minimum atomic E-state index is -0.0826. The summed E-state index contributed by atoms with van der Waals surface area (Å²) in [7, 11) is 1.50. The Morgan fingerprint density at radius 3 is 2.40 bits per heavy atom. The van der Waals surface area contributed by atoms with Crippen molar-refractivity contribution in [3.63, 3.8) is 0 Å². The summed E-state index contributed by atoms with van der Waals surface area (Å²) in [5.41, 5.74) is 10.2. The number of halogens is 1. The van der Waals surface area contributed by atoms with Gasteiger partial charge in [-0.2, -0.15) is 0 Å². The Morgan fingerprint density at radius 2 is 1.80 bits per heavy atom. The molecule has 8 heteroatoms. The van der Waals surface area contributed by atoms with Crippen LogP contribution in [0, 0.1) is 23.7 Å². The van der Waals surface area contributed by atoms with Crippen LogP contribution >= 0.6 is 24.0 Å². The van der Waals surface area contributed by atoms with Crippen LogP contribution in [0.25, 0.3) is 0 Å². The van der Waals surface area contributed by atoms with E-state index in [0.717, 1.165) is 64.3 Å². The van der Waals surface area contributed by atoms with Gasteiger partial charge in [-0.25, -0.2) is 0 Å². The number of amides is 2. The van der Waals surface area contributed by atoms with Gasteiger partial charge in [0.1, 0.15) is 0 Å². The van der Waals surface area contributed by atoms with Crippen molar-refractivity contribution in [2.45, 2.75) is 77.2 Å². The molecule has 180 valence electrons. The van der Waals surface area contributed by atoms with Crippen molar-refractivity contribution in [2.24, 2.45) is 23.3 Å². The van der Waals surface area contributed by atoms with Crippen LogP contribution in [0.5, 0.6) is 0 Å². The summed E-state index contributed by atoms with van der Waals surface area (Å²) in [6, 6.07) is 0.0943. The van der Waals surface area contributed by atoms with Crippen LogP contribution in [0.3, 0.4) is 0 Å². The summed E-state index contributed by atoms with van der Waals surface area (Å²) in [5.74, 6) is 7.17. The molecule has 8 N–H and O–H groups in total. The van der Waals surface area contributed by atoms with E-state index in [1.165, 1.54) is 7.05 Å². The molecule has 2 amide bonds. The van der Waals surface area contributed by atoms with E-state index in [1.807, 2.05) is 11.8 Å². The second-order valence-electron chi connectivity index (χ2n) is 7.93. The van der Waals surface area contributed by atoms with Gasteiger partial charge in [0.15, 0.2) is 0 Å². The molecule has 1 aliphatic carbocycles. The van der Waals surface area contributed by atoms with E-state index in [-0.39, 0.29) is 56.8 Å². The lowest BCUT2D eigenvalue weighted by atomic mass is 9.94. The van der Waals surface area contributed by atoms with Crippen LogP contribution < -0.4 is 22.9 Å². The Bertz CT molecular complexity index is 532. The first-order chi connectivity index (χ1) is 13.6. The molecule has 0 aromatic carbocycles. The van der Waals surface area contributed by atoms with Gasteiger partial charge in [0.2, 0.25) is 11.8 Å². The van der Waals surface area contributed by atoms with E-state index < -0.39 is 0 Å². The largest absolute Gasteiger partial charge is 0.356 e. The lowest BCUT2D eigenvalue weighted by Crippen LogP contribution is -2.41. The van der Waals surface area contributed by atoms with Crippen molar-refractivity contribution in [2.75, 3.05) is 26.7 Å². The number of hydrogen-bond acceptors (Lipinski definition) is 5. The Kier molecular flexibility index (Phi) is 19.7. The van der Waals surface area contributed by atoms with E-state index in [1.54, 1.807) is 0 Å². The van der Waals surface area contributed by atoms with Gasteiger partial charge in [0.25, 0.3) is 0 Å². The highest BCUT2D eigenvalue weighted by molar-refractivity contribution is 14.0. The molecule has 30 heavy (non-hydrogen) atoms. The molecule has 1 heterocycles. The van der Waals surface area contributed by atoms with Gasteiger partial charge < -0.3 is 27.8 Å². The zero-order valence-electron chi connectivity index (χ0n) is 19.0. The van der Waals surface area contributed by atoms with Crippen molar-refractivity contribution >= 4 is 35.8 Å². The highest BCUT2D eigenvalue weighted by atomic mass is 127. The van der Waals surface area contributed by atoms with Gasteiger partial charge in [-0.05, 0) is 58.4 Å². The van der Waals surface area contributed by atoms with Crippen LogP contribution in [0.1, 0.15) is 74.0 Å². The number of hydrogen-bond donors (Lipinski definition) is 4. The molecule has 0 aromatic rings. The zero-order valence-corrected chi connectivity index (χ0v) is 21.3. The van der Waals surface area contributed by atoms with Gasteiger partial charge in [0, 0.05) is 47.8 Å². The van der Waals surface area contributed by atoms with Gasteiger partial charge >= 0.3 is 0 Å². The Labute approximate surface area is 203 Å². The van der Waals surface area contributed by atoms with E-state index in [4.69, 9.17) is 5.73 Å². The van der Waals surface area contributed by atoms with Crippen LogP contribution in [0.2, 0.25) is 0 Å². The first-order valence-electron chi connectivity index (χ1n) is 10.9. The molecule has 0 aromatic heterocycles. The zero-order chi connectivity index (χ0) is 20.8. The van der Waals surface area contributed by atoms with Gasteiger partial charge in [0.05, 0.1) is 5.92 Å². The predicted molar refractivity (Wildman–Crippen MR) is 139 cm³/mol. The van der Waals surface area contributed by atoms with Crippen LogP contribution in [-0.4, -0.2) is 49.4 Å². The molecule has 0 radical (unpaired) electrons. The van der Waals surface area contributed by atoms with E-state index in [9.17, 15) is 9.59 Å². The molecule has 2 atom stereocenters. The highest BCUT2D eigenvalue weighted by Gasteiger charge is 2.27. The fraction of sp³-hybridized carbons (Fsp3) is 0.818. The number of nitrogens with two attached hydrogens (primary N) is 2. The predicted octanol–water partition coefficient (Wildman–Crippen LogP) is 3.29. The maximum Gasteiger partial charge on any atom is 0.224 e. The van der Waals surface area contributed by atoms with Crippen molar-refractivity contribution in [1.29, 1.82) is 0 Å². The number of likely N-dealkylation sites (tertiary alicyclic amines) is 1. The normalized spacial score (nSPS) is 19.7. The first kappa shape index (κ1) is 31.3. The van der Waals surface area contributed by atoms with Crippen LogP contribution in [0.4, 0.5) is 0 Å². The van der Waals surface area contributed by atoms with Crippen molar-refractivity contribution in [3.8, 4) is 11.8 Å². The topological polar surface area (TPSA) is 136 Å². The second-order valence-corrected chi connectivity index (χ2v) is 7.93. The van der Waals surface area contributed by atoms with Crippen LogP contribution in [0.15, 0.2) is 0 Å². The smallest absolute Gasteiger partial charge is 0.224 e. The standard InChI is InChI=1S/C21H35N3O2.CH5N.HI.H3N.2H2/c1-17(22)13-14-23-21(26)19-10-6-7-15-24(16-19)20(25)12-11-18-8-4-2-3-5-9-18;1-2;;;;/h17-19H,4-16,22H2,1H3,(H,23,26);2H2,1H3;1H;1H3;2*1H. The lowest BCUT2D eigenvalue weighted by Gasteiger charge is -2.25. The number of rotatable bonds is 7. The summed E-state index contributed by atoms with van der Waals surface area (Å²) in [6.07, 6.45) is 9.36. The number of nitrogens with zero attached hydrogens (tertiary/aromatic N) is 1. The lowest BCUT2D eigenvalue weighted by molar-refractivity contribution is -0.133. The molecule has 1 saturated heterocycles. The van der Waals surface area contributed by atoms with Crippen LogP contribution in [-0.2, 0) is 9.59 Å². The molecule has 2 aliphatic rings. The summed E-state index contributed by atoms with van der Waals surface area (Å²) < 4.78 is 0. The molecule has 1 fully saturated rings. The third-order valence-electron chi connectivity index (χ3n) is 5.54. The quantitative estimate of drug-likeness (QED) is 0.290. The monoisotopic (exact) mass is 541 g/mol. The highest BCUT2D eigenvalue weighted by Crippen LogP contribution is 2.23. The van der Waals surface area contributed by atoms with Crippen molar-refractivity contribution < 1.29 is 12.4 Å². The first-order valence-corrected chi connectivity index (χ1v) is 10.9. The fourth-order valence-electron chi connectivity index (χ4n) is 3.80. The summed E-state index contributed by atoms with van der Waals surface area (Å²) >= 11 is 0. The van der Waals surface area contributed by atoms with Gasteiger partial charge in [-0.3, -0.25) is 9.59 Å². The Hall–Kier alpha value is -0.890. The maximum atomic E-state index is 12.7. The summed E-state index contributed by atoms with van der Waals surface area (Å²) in [4.78, 5) is 27.1. The van der Waals surface area contributed by atoms with Gasteiger partial charge in [-0.15, -0.1) is 35.8 Å². The molecule has 0 bridgehead atoms. The minimum Gasteiger partial charge on any atom is -0.356 e. The molecular weight excluding hydrogens is 493 g/mol. The third-order valence-corrected chi connectivity index (χ3v) is 5.54. The summed E-state index contributed by atoms with van der Waals surface area (Å²) in [6.45, 7) is 3.91. The number of carbonyl (C=O) groups is 2. The maximum absolute atomic E-state index is 12.7. The second kappa shape index (κ2) is 18.8. The average Bonchev–Trinajstić information content (AvgIpc) is 3.10. The average molecular weight is 542 g/mol. The number of nitrogens with one attached hydrogen (secondary N) is 1. The third kappa shape index (κ3) is 12.7. The molecule has 7 nitrogen and oxygen atoms in total. The molecule has 0 spiro atoms. The molecule has 2 unspecified atom stereocenters. The van der Waals surface area contributed by atoms with E-state index >= 15 is 0 Å². The molecule has 1 aliphatic heterocycles. The minimum absolute atomic E-state index is 0. The van der Waals surface area contributed by atoms with E-state index in [2.05, 4.69) is 22.9 Å². The Balaban J connectivity index is -0.000000635. The van der Waals surface area contributed by atoms with Crippen molar-refractivity contribution in [3.05, 3.63) is 0 Å². The fourth-order valence-corrected chi connectivity index (χ4v) is 3.80. The SMILES string of the molecule is CC(N)CCNC(=O)C1CCCCN(C(=O)CCC2CCC#CCC2)C1.CN.I.N.[HH].[HH]. The molecular formula is C22H48IN5O2. The number of carbonyl (C=O) groups excluding carboxylic acids is 2. The van der Waals surface area contributed by atoms with Gasteiger partial charge in [-0.1, -0.05) is 6.42 Å². The summed E-state index contributed by atoms with van der Waals surface area (Å²) in [5, 5.41) is 2.99. The van der Waals surface area contributed by atoms with Crippen molar-refractivity contribution in [1.82, 2.24) is 16.4 Å². The molecule has 2 rings (SSSR count). The Morgan fingerprint density at radius 1 is 1.17 bits per heavy atom.